The van der Waals surface area contributed by atoms with E-state index in [9.17, 15) is 18.0 Å². The Morgan fingerprint density at radius 1 is 1.25 bits per heavy atom. The van der Waals surface area contributed by atoms with Crippen molar-refractivity contribution in [2.75, 3.05) is 37.9 Å². The summed E-state index contributed by atoms with van der Waals surface area (Å²) in [5.41, 5.74) is 1.67. The lowest BCUT2D eigenvalue weighted by atomic mass is 9.95. The van der Waals surface area contributed by atoms with Crippen LogP contribution in [0.15, 0.2) is 28.3 Å². The molecular formula is C21H26N4O5S2. The molecule has 0 aromatic carbocycles. The van der Waals surface area contributed by atoms with Crippen molar-refractivity contribution in [2.45, 2.75) is 32.1 Å². The molecule has 1 aromatic heterocycles. The number of anilines is 1. The molecule has 0 radical (unpaired) electrons. The van der Waals surface area contributed by atoms with Crippen LogP contribution in [0.3, 0.4) is 0 Å². The number of allylic oxidation sites excluding steroid dienone is 2. The van der Waals surface area contributed by atoms with Crippen LogP contribution < -0.4 is 10.6 Å². The quantitative estimate of drug-likeness (QED) is 0.578. The molecule has 1 aliphatic carbocycles. The maximum absolute atomic E-state index is 13.2. The summed E-state index contributed by atoms with van der Waals surface area (Å²) >= 11 is 1.42. The Balaban J connectivity index is 1.60. The van der Waals surface area contributed by atoms with E-state index in [0.717, 1.165) is 36.1 Å². The minimum atomic E-state index is -3.61. The molecular weight excluding hydrogens is 452 g/mol. The van der Waals surface area contributed by atoms with E-state index in [1.54, 1.807) is 30.4 Å². The number of ether oxygens (including phenoxy) is 1. The third kappa shape index (κ3) is 4.79. The summed E-state index contributed by atoms with van der Waals surface area (Å²) in [6.07, 6.45) is 9.36. The van der Waals surface area contributed by atoms with Gasteiger partial charge in [0.05, 0.1) is 16.9 Å². The van der Waals surface area contributed by atoms with E-state index in [4.69, 9.17) is 4.74 Å². The topological polar surface area (TPSA) is 117 Å². The number of nitrogens with zero attached hydrogens (tertiary/aromatic N) is 2. The molecule has 172 valence electrons. The van der Waals surface area contributed by atoms with Crippen LogP contribution in [0.1, 0.15) is 40.1 Å². The zero-order valence-electron chi connectivity index (χ0n) is 17.8. The van der Waals surface area contributed by atoms with Gasteiger partial charge in [-0.2, -0.15) is 0 Å². The molecule has 0 bridgehead atoms. The van der Waals surface area contributed by atoms with Crippen molar-refractivity contribution in [1.82, 2.24) is 10.2 Å². The average molecular weight is 479 g/mol. The maximum atomic E-state index is 13.2. The number of rotatable bonds is 7. The van der Waals surface area contributed by atoms with E-state index < -0.39 is 15.9 Å². The average Bonchev–Trinajstić information content (AvgIpc) is 3.13. The zero-order chi connectivity index (χ0) is 22.7. The van der Waals surface area contributed by atoms with Crippen LogP contribution in [-0.2, 0) is 32.4 Å². The van der Waals surface area contributed by atoms with Crippen LogP contribution >= 0.6 is 11.3 Å². The van der Waals surface area contributed by atoms with Gasteiger partial charge in [0.1, 0.15) is 5.00 Å². The number of sulfonamides is 1. The fourth-order valence-electron chi connectivity index (χ4n) is 3.96. The molecule has 2 N–H and O–H groups in total. The second-order valence-electron chi connectivity index (χ2n) is 7.79. The lowest BCUT2D eigenvalue weighted by Gasteiger charge is -2.28. The minimum Gasteiger partial charge on any atom is -0.385 e. The van der Waals surface area contributed by atoms with Crippen LogP contribution in [0.2, 0.25) is 0 Å². The number of hydrogen-bond acceptors (Lipinski definition) is 7. The molecule has 0 spiro atoms. The number of nitrogens with one attached hydrogen (secondary N) is 2. The van der Waals surface area contributed by atoms with Gasteiger partial charge in [0.15, 0.2) is 5.84 Å². The van der Waals surface area contributed by atoms with E-state index >= 15 is 0 Å². The highest BCUT2D eigenvalue weighted by atomic mass is 32.2. The Kier molecular flexibility index (Phi) is 6.77. The highest BCUT2D eigenvalue weighted by Gasteiger charge is 2.32. The molecule has 1 aromatic rings. The van der Waals surface area contributed by atoms with E-state index in [-0.39, 0.29) is 29.6 Å². The first-order valence-corrected chi connectivity index (χ1v) is 13.0. The predicted molar refractivity (Wildman–Crippen MR) is 124 cm³/mol. The monoisotopic (exact) mass is 478 g/mol. The van der Waals surface area contributed by atoms with Crippen molar-refractivity contribution in [3.63, 3.8) is 0 Å². The van der Waals surface area contributed by atoms with E-state index in [1.807, 2.05) is 0 Å². The van der Waals surface area contributed by atoms with Crippen molar-refractivity contribution in [3.8, 4) is 0 Å². The van der Waals surface area contributed by atoms with Crippen LogP contribution in [0.4, 0.5) is 5.00 Å². The molecule has 0 atom stereocenters. The Morgan fingerprint density at radius 3 is 2.88 bits per heavy atom. The SMILES string of the molecule is COCCCNC(=O)c1c(NC(=O)C2=CC=CN3CCS(=O)(=O)N=C23)sc2c1CCCC2. The van der Waals surface area contributed by atoms with Crippen LogP contribution in [-0.4, -0.2) is 63.5 Å². The lowest BCUT2D eigenvalue weighted by molar-refractivity contribution is -0.112. The van der Waals surface area contributed by atoms with Gasteiger partial charge in [-0.05, 0) is 49.8 Å². The molecule has 9 nitrogen and oxygen atoms in total. The highest BCUT2D eigenvalue weighted by molar-refractivity contribution is 7.90. The number of amidine groups is 1. The first-order chi connectivity index (χ1) is 15.4. The molecule has 11 heteroatoms. The van der Waals surface area contributed by atoms with Crippen molar-refractivity contribution < 1.29 is 22.7 Å². The third-order valence-corrected chi connectivity index (χ3v) is 7.90. The van der Waals surface area contributed by atoms with Gasteiger partial charge >= 0.3 is 0 Å². The molecule has 2 amide bonds. The van der Waals surface area contributed by atoms with Crippen molar-refractivity contribution >= 4 is 44.0 Å². The second-order valence-corrected chi connectivity index (χ2v) is 10.6. The lowest BCUT2D eigenvalue weighted by Crippen LogP contribution is -2.41. The summed E-state index contributed by atoms with van der Waals surface area (Å²) in [7, 11) is -2.00. The number of fused-ring (bicyclic) bond motifs is 2. The molecule has 0 unspecified atom stereocenters. The molecule has 2 aliphatic heterocycles. The number of hydrogen-bond donors (Lipinski definition) is 2. The van der Waals surface area contributed by atoms with E-state index in [1.165, 1.54) is 11.3 Å². The molecule has 0 saturated heterocycles. The molecule has 0 fully saturated rings. The summed E-state index contributed by atoms with van der Waals surface area (Å²) in [6.45, 7) is 1.27. The minimum absolute atomic E-state index is 0.0965. The van der Waals surface area contributed by atoms with Gasteiger partial charge in [-0.15, -0.1) is 15.7 Å². The molecule has 0 saturated carbocycles. The molecule has 32 heavy (non-hydrogen) atoms. The van der Waals surface area contributed by atoms with Gasteiger partial charge in [0, 0.05) is 37.9 Å². The van der Waals surface area contributed by atoms with Gasteiger partial charge < -0.3 is 20.3 Å². The highest BCUT2D eigenvalue weighted by Crippen LogP contribution is 2.38. The number of thiophene rings is 1. The first kappa shape index (κ1) is 22.7. The van der Waals surface area contributed by atoms with Crippen LogP contribution in [0.5, 0.6) is 0 Å². The second kappa shape index (κ2) is 9.55. The van der Waals surface area contributed by atoms with Gasteiger partial charge in [0.2, 0.25) is 0 Å². The third-order valence-electron chi connectivity index (χ3n) is 5.54. The van der Waals surface area contributed by atoms with Crippen molar-refractivity contribution in [1.29, 1.82) is 0 Å². The van der Waals surface area contributed by atoms with E-state index in [2.05, 4.69) is 15.0 Å². The summed E-state index contributed by atoms with van der Waals surface area (Å²) in [5.74, 6) is -0.682. The zero-order valence-corrected chi connectivity index (χ0v) is 19.5. The summed E-state index contributed by atoms with van der Waals surface area (Å²) < 4.78 is 32.8. The van der Waals surface area contributed by atoms with Crippen molar-refractivity contribution in [2.24, 2.45) is 4.40 Å². The number of amides is 2. The number of carbonyl (C=O) groups excluding carboxylic acids is 2. The van der Waals surface area contributed by atoms with Gasteiger partial charge in [0.25, 0.3) is 21.8 Å². The number of aryl methyl sites for hydroxylation is 1. The van der Waals surface area contributed by atoms with Gasteiger partial charge in [-0.25, -0.2) is 8.42 Å². The fourth-order valence-corrected chi connectivity index (χ4v) is 6.23. The Bertz CT molecular complexity index is 1120. The predicted octanol–water partition coefficient (Wildman–Crippen LogP) is 1.83. The van der Waals surface area contributed by atoms with Crippen LogP contribution in [0.25, 0.3) is 0 Å². The molecule has 3 heterocycles. The summed E-state index contributed by atoms with van der Waals surface area (Å²) in [6, 6.07) is 0. The molecule has 3 aliphatic rings. The summed E-state index contributed by atoms with van der Waals surface area (Å²) in [5, 5.41) is 6.28. The smallest absolute Gasteiger partial charge is 0.260 e. The fraction of sp³-hybridized carbons (Fsp3) is 0.476. The summed E-state index contributed by atoms with van der Waals surface area (Å²) in [4.78, 5) is 28.9. The standard InChI is InChI=1S/C21H26N4O5S2/c1-30-12-5-9-22-20(27)17-14-6-2-3-8-16(14)31-21(17)23-19(26)15-7-4-10-25-11-13-32(28,29)24-18(15)25/h4,7,10H,2-3,5-6,8-9,11-13H2,1H3,(H,22,27)(H,23,26). The normalized spacial score (nSPS) is 18.8. The van der Waals surface area contributed by atoms with Crippen molar-refractivity contribution in [3.05, 3.63) is 39.9 Å². The number of methoxy groups -OCH3 is 1. The van der Waals surface area contributed by atoms with Gasteiger partial charge in [-0.3, -0.25) is 9.59 Å². The largest absolute Gasteiger partial charge is 0.385 e. The number of carbonyl (C=O) groups is 2. The van der Waals surface area contributed by atoms with Crippen LogP contribution in [0, 0.1) is 0 Å². The Morgan fingerprint density at radius 2 is 2.06 bits per heavy atom. The molecule has 4 rings (SSSR count). The Labute approximate surface area is 191 Å². The Hall–Kier alpha value is -2.50. The first-order valence-electron chi connectivity index (χ1n) is 10.6. The van der Waals surface area contributed by atoms with E-state index in [0.29, 0.717) is 30.1 Å². The maximum Gasteiger partial charge on any atom is 0.260 e. The van der Waals surface area contributed by atoms with Gasteiger partial charge in [-0.1, -0.05) is 0 Å².